The lowest BCUT2D eigenvalue weighted by atomic mass is 9.88. The third-order valence-electron chi connectivity index (χ3n) is 6.01. The van der Waals surface area contributed by atoms with Crippen molar-refractivity contribution in [3.05, 3.63) is 81.8 Å². The smallest absolute Gasteiger partial charge is 0.337 e. The minimum Gasteiger partial charge on any atom is -0.397 e. The summed E-state index contributed by atoms with van der Waals surface area (Å²) in [6.45, 7) is 12.5. The number of benzene rings is 2. The van der Waals surface area contributed by atoms with Crippen LogP contribution in [0.4, 0.5) is 5.95 Å². The van der Waals surface area contributed by atoms with Crippen LogP contribution in [0.15, 0.2) is 42.5 Å². The second kappa shape index (κ2) is 8.45. The highest BCUT2D eigenvalue weighted by Crippen LogP contribution is 2.31. The van der Waals surface area contributed by atoms with E-state index in [1.165, 1.54) is 5.56 Å². The van der Waals surface area contributed by atoms with Gasteiger partial charge in [0.2, 0.25) is 0 Å². The summed E-state index contributed by atoms with van der Waals surface area (Å²) in [5.41, 5.74) is 5.98. The van der Waals surface area contributed by atoms with Crippen molar-refractivity contribution in [3.8, 4) is 17.3 Å². The predicted molar refractivity (Wildman–Crippen MR) is 119 cm³/mol. The van der Waals surface area contributed by atoms with Crippen LogP contribution in [-0.4, -0.2) is 33.9 Å². The lowest BCUT2D eigenvalue weighted by Crippen LogP contribution is -2.37. The number of aromatic amines is 1. The van der Waals surface area contributed by atoms with Gasteiger partial charge in [-0.3, -0.25) is 4.79 Å². The van der Waals surface area contributed by atoms with E-state index >= 15 is 0 Å². The fraction of sp³-hybridized carbons (Fsp3) is 0.280. The lowest BCUT2D eigenvalue weighted by molar-refractivity contribution is 0.0713. The lowest BCUT2D eigenvalue weighted by Gasteiger charge is -2.32. The summed E-state index contributed by atoms with van der Waals surface area (Å²) in [6.07, 6.45) is 1.81. The second-order valence-corrected chi connectivity index (χ2v) is 7.98. The number of carbonyl (C=O) groups excluding carboxylic acids is 1. The Hall–Kier alpha value is -3.90. The van der Waals surface area contributed by atoms with Crippen molar-refractivity contribution in [2.75, 3.05) is 13.1 Å². The van der Waals surface area contributed by atoms with E-state index in [1.54, 1.807) is 0 Å². The molecule has 2 aromatic carbocycles. The number of H-pyrrole nitrogens is 1. The van der Waals surface area contributed by atoms with Gasteiger partial charge in [-0.15, -0.1) is 11.6 Å². The zero-order valence-corrected chi connectivity index (χ0v) is 17.6. The minimum absolute atomic E-state index is 0.0260. The molecule has 1 aliphatic rings. The van der Waals surface area contributed by atoms with Crippen molar-refractivity contribution >= 4 is 11.9 Å². The Labute approximate surface area is 182 Å². The number of nitrogens with zero attached hydrogens (tertiary/aromatic N) is 4. The van der Waals surface area contributed by atoms with Crippen LogP contribution in [-0.2, 0) is 0 Å². The van der Waals surface area contributed by atoms with Crippen molar-refractivity contribution in [2.45, 2.75) is 32.6 Å². The van der Waals surface area contributed by atoms with Gasteiger partial charge in [-0.25, -0.2) is 0 Å². The number of carbonyl (C=O) groups is 1. The van der Waals surface area contributed by atoms with Crippen LogP contribution in [0, 0.1) is 31.8 Å². The SMILES string of the molecule is [C-]#[N+]c1nc(-c2cc(C(=O)N3CCC(c4ccc(C#N)cc4)CC3)ccc2C)c(C)[nH]1. The first-order valence-electron chi connectivity index (χ1n) is 10.3. The van der Waals surface area contributed by atoms with Gasteiger partial charge in [-0.05, 0) is 68.0 Å². The van der Waals surface area contributed by atoms with Gasteiger partial charge in [0.25, 0.3) is 5.91 Å². The summed E-state index contributed by atoms with van der Waals surface area (Å²) >= 11 is 0. The van der Waals surface area contributed by atoms with E-state index in [1.807, 2.05) is 61.2 Å². The number of likely N-dealkylation sites (tertiary alicyclic amines) is 1. The molecule has 1 fully saturated rings. The quantitative estimate of drug-likeness (QED) is 0.609. The Morgan fingerprint density at radius 3 is 2.52 bits per heavy atom. The molecule has 4 rings (SSSR count). The van der Waals surface area contributed by atoms with E-state index in [4.69, 9.17) is 11.8 Å². The molecule has 0 bridgehead atoms. The molecule has 6 nitrogen and oxygen atoms in total. The number of hydrogen-bond donors (Lipinski definition) is 1. The topological polar surface area (TPSA) is 77.1 Å². The molecule has 2 heterocycles. The van der Waals surface area contributed by atoms with Gasteiger partial charge in [-0.1, -0.05) is 18.2 Å². The van der Waals surface area contributed by atoms with Crippen molar-refractivity contribution in [1.29, 1.82) is 5.26 Å². The zero-order valence-electron chi connectivity index (χ0n) is 17.6. The van der Waals surface area contributed by atoms with Crippen molar-refractivity contribution in [2.24, 2.45) is 0 Å². The van der Waals surface area contributed by atoms with Crippen LogP contribution in [0.3, 0.4) is 0 Å². The maximum atomic E-state index is 13.2. The van der Waals surface area contributed by atoms with Gasteiger partial charge >= 0.3 is 5.95 Å². The molecule has 1 saturated heterocycles. The number of nitrogens with one attached hydrogen (secondary N) is 1. The Kier molecular flexibility index (Phi) is 5.56. The zero-order chi connectivity index (χ0) is 22.0. The Balaban J connectivity index is 1.49. The molecule has 31 heavy (non-hydrogen) atoms. The molecule has 1 aliphatic heterocycles. The van der Waals surface area contributed by atoms with Gasteiger partial charge in [0.1, 0.15) is 0 Å². The summed E-state index contributed by atoms with van der Waals surface area (Å²) in [5.74, 6) is 0.691. The van der Waals surface area contributed by atoms with Crippen molar-refractivity contribution in [3.63, 3.8) is 0 Å². The fourth-order valence-corrected chi connectivity index (χ4v) is 4.20. The number of piperidine rings is 1. The Morgan fingerprint density at radius 2 is 1.90 bits per heavy atom. The Bertz CT molecular complexity index is 1200. The monoisotopic (exact) mass is 409 g/mol. The van der Waals surface area contributed by atoms with E-state index in [0.717, 1.165) is 35.4 Å². The van der Waals surface area contributed by atoms with Crippen LogP contribution in [0.1, 0.15) is 51.5 Å². The van der Waals surface area contributed by atoms with Gasteiger partial charge in [-0.2, -0.15) is 5.26 Å². The van der Waals surface area contributed by atoms with Crippen LogP contribution >= 0.6 is 0 Å². The summed E-state index contributed by atoms with van der Waals surface area (Å²) < 4.78 is 0. The molecular formula is C25H23N5O. The largest absolute Gasteiger partial charge is 0.397 e. The number of imidazole rings is 1. The van der Waals surface area contributed by atoms with E-state index in [2.05, 4.69) is 20.9 Å². The van der Waals surface area contributed by atoms with Crippen molar-refractivity contribution < 1.29 is 4.79 Å². The van der Waals surface area contributed by atoms with Gasteiger partial charge in [0.05, 0.1) is 17.3 Å². The molecule has 1 amide bonds. The van der Waals surface area contributed by atoms with Gasteiger partial charge in [0, 0.05) is 24.2 Å². The summed E-state index contributed by atoms with van der Waals surface area (Å²) in [6, 6.07) is 15.6. The third-order valence-corrected chi connectivity index (χ3v) is 6.01. The molecule has 1 aromatic heterocycles. The molecular weight excluding hydrogens is 386 g/mol. The highest BCUT2D eigenvalue weighted by atomic mass is 16.2. The van der Waals surface area contributed by atoms with E-state index in [0.29, 0.717) is 30.1 Å². The molecule has 0 atom stereocenters. The van der Waals surface area contributed by atoms with Crippen LogP contribution in [0.5, 0.6) is 0 Å². The molecule has 0 saturated carbocycles. The minimum atomic E-state index is 0.0260. The standard InChI is InChI=1S/C25H23N5O/c1-16-4-7-21(14-22(16)23-17(2)28-25(27-3)29-23)24(31)30-12-10-20(11-13-30)19-8-5-18(15-26)6-9-19/h4-9,14,20H,10-13H2,1-2H3,(H,28,29). The summed E-state index contributed by atoms with van der Waals surface area (Å²) in [7, 11) is 0. The molecule has 0 radical (unpaired) electrons. The van der Waals surface area contributed by atoms with Gasteiger partial charge in [0.15, 0.2) is 5.69 Å². The van der Waals surface area contributed by atoms with Gasteiger partial charge < -0.3 is 14.7 Å². The number of hydrogen-bond acceptors (Lipinski definition) is 3. The van der Waals surface area contributed by atoms with Crippen LogP contribution in [0.2, 0.25) is 0 Å². The third kappa shape index (κ3) is 4.06. The average molecular weight is 409 g/mol. The first kappa shape index (κ1) is 20.4. The first-order valence-corrected chi connectivity index (χ1v) is 10.3. The highest BCUT2D eigenvalue weighted by molar-refractivity contribution is 5.96. The van der Waals surface area contributed by atoms with E-state index < -0.39 is 0 Å². The molecule has 154 valence electrons. The normalized spacial score (nSPS) is 14.1. The molecule has 3 aromatic rings. The maximum Gasteiger partial charge on any atom is 0.337 e. The summed E-state index contributed by atoms with van der Waals surface area (Å²) in [4.78, 5) is 25.8. The van der Waals surface area contributed by atoms with Crippen LogP contribution < -0.4 is 0 Å². The second-order valence-electron chi connectivity index (χ2n) is 7.98. The van der Waals surface area contributed by atoms with Crippen molar-refractivity contribution in [1.82, 2.24) is 14.9 Å². The number of amides is 1. The highest BCUT2D eigenvalue weighted by Gasteiger charge is 2.25. The molecule has 1 N–H and O–H groups in total. The molecule has 6 heteroatoms. The maximum absolute atomic E-state index is 13.2. The Morgan fingerprint density at radius 1 is 1.19 bits per heavy atom. The molecule has 0 aliphatic carbocycles. The number of rotatable bonds is 3. The van der Waals surface area contributed by atoms with E-state index in [-0.39, 0.29) is 11.9 Å². The number of nitriles is 1. The number of aryl methyl sites for hydroxylation is 2. The van der Waals surface area contributed by atoms with E-state index in [9.17, 15) is 4.79 Å². The van der Waals surface area contributed by atoms with Crippen LogP contribution in [0.25, 0.3) is 16.1 Å². The molecule has 0 spiro atoms. The fourth-order valence-electron chi connectivity index (χ4n) is 4.20. The first-order chi connectivity index (χ1) is 15.0. The summed E-state index contributed by atoms with van der Waals surface area (Å²) in [5, 5.41) is 8.97. The molecule has 0 unspecified atom stereocenters. The predicted octanol–water partition coefficient (Wildman–Crippen LogP) is 5.14. The number of aromatic nitrogens is 2. The average Bonchev–Trinajstić information content (AvgIpc) is 3.19.